The number of fused-ring (bicyclic) bond motifs is 1. The van der Waals surface area contributed by atoms with E-state index >= 15 is 0 Å². The zero-order valence-corrected chi connectivity index (χ0v) is 14.3. The number of para-hydroxylation sites is 1. The molecule has 11 nitrogen and oxygen atoms in total. The molecule has 0 bridgehead atoms. The highest BCUT2D eigenvalue weighted by molar-refractivity contribution is 6.42. The molecule has 3 amide bonds. The summed E-state index contributed by atoms with van der Waals surface area (Å²) in [5, 5.41) is 27.3. The van der Waals surface area contributed by atoms with Gasteiger partial charge in [0.1, 0.15) is 11.5 Å². The lowest BCUT2D eigenvalue weighted by atomic mass is 9.93. The van der Waals surface area contributed by atoms with E-state index in [2.05, 4.69) is 21.2 Å². The SMILES string of the molecule is O=C(CNC(=O)c1ccccc1O)N/N=C1/C(=O)NC2C=CC([N+](=O)O)=CC12. The van der Waals surface area contributed by atoms with E-state index in [0.29, 0.717) is 0 Å². The fraction of sp³-hybridized carbons (Fsp3) is 0.176. The fourth-order valence-electron chi connectivity index (χ4n) is 2.77. The zero-order chi connectivity index (χ0) is 20.3. The summed E-state index contributed by atoms with van der Waals surface area (Å²) < 4.78 is 0. The Hall–Kier alpha value is -4.02. The van der Waals surface area contributed by atoms with Crippen molar-refractivity contribution in [2.45, 2.75) is 6.04 Å². The molecule has 11 heteroatoms. The van der Waals surface area contributed by atoms with E-state index < -0.39 is 36.2 Å². The van der Waals surface area contributed by atoms with E-state index in [1.165, 1.54) is 30.4 Å². The molecule has 1 aromatic carbocycles. The van der Waals surface area contributed by atoms with Gasteiger partial charge in [-0.25, -0.2) is 10.6 Å². The van der Waals surface area contributed by atoms with Gasteiger partial charge in [-0.1, -0.05) is 18.2 Å². The van der Waals surface area contributed by atoms with Crippen molar-refractivity contribution in [1.29, 1.82) is 0 Å². The van der Waals surface area contributed by atoms with Crippen LogP contribution in [0, 0.1) is 10.8 Å². The van der Waals surface area contributed by atoms with E-state index in [1.54, 1.807) is 12.1 Å². The predicted octanol–water partition coefficient (Wildman–Crippen LogP) is -0.669. The van der Waals surface area contributed by atoms with Gasteiger partial charge in [-0.3, -0.25) is 14.4 Å². The van der Waals surface area contributed by atoms with Crippen molar-refractivity contribution < 1.29 is 29.6 Å². The second-order valence-electron chi connectivity index (χ2n) is 5.98. The standard InChI is InChI=1S/C17H15N5O6/c23-13-4-2-1-3-10(13)16(25)18-8-14(24)20-21-15-11-7-9(22(27)28)5-6-12(11)19-17(15)26/h1-7,11-12H,8H2,(H4-,18,19,20,23,24,25,26,27,28)/p+1. The summed E-state index contributed by atoms with van der Waals surface area (Å²) in [6, 6.07) is 5.40. The maximum atomic E-state index is 12.0. The number of carbonyl (C=O) groups is 3. The summed E-state index contributed by atoms with van der Waals surface area (Å²) in [7, 11) is 0. The third kappa shape index (κ3) is 3.87. The molecule has 0 spiro atoms. The number of phenolic OH excluding ortho intramolecular Hbond substituents is 1. The number of phenols is 1. The van der Waals surface area contributed by atoms with Crippen LogP contribution in [0.15, 0.2) is 53.3 Å². The van der Waals surface area contributed by atoms with E-state index in [-0.39, 0.29) is 27.6 Å². The first-order valence-corrected chi connectivity index (χ1v) is 8.16. The van der Waals surface area contributed by atoms with Gasteiger partial charge in [0, 0.05) is 12.2 Å². The minimum atomic E-state index is -0.698. The fourth-order valence-corrected chi connectivity index (χ4v) is 2.77. The molecule has 28 heavy (non-hydrogen) atoms. The molecule has 0 aromatic heterocycles. The van der Waals surface area contributed by atoms with Crippen molar-refractivity contribution in [1.82, 2.24) is 16.1 Å². The molecule has 3 rings (SSSR count). The Labute approximate surface area is 158 Å². The normalized spacial score (nSPS) is 21.5. The molecule has 1 aromatic rings. The molecule has 2 aliphatic rings. The molecule has 0 saturated carbocycles. The first-order valence-electron chi connectivity index (χ1n) is 8.16. The van der Waals surface area contributed by atoms with Crippen molar-refractivity contribution in [2.75, 3.05) is 6.54 Å². The summed E-state index contributed by atoms with van der Waals surface area (Å²) in [5.41, 5.74) is 2.06. The number of allylic oxidation sites excluding steroid dienone is 1. The smallest absolute Gasteiger partial charge is 0.313 e. The van der Waals surface area contributed by atoms with Gasteiger partial charge in [0.15, 0.2) is 0 Å². The number of nitrogens with zero attached hydrogens (tertiary/aromatic N) is 2. The van der Waals surface area contributed by atoms with Crippen LogP contribution in [0.4, 0.5) is 0 Å². The van der Waals surface area contributed by atoms with Crippen molar-refractivity contribution >= 4 is 23.4 Å². The van der Waals surface area contributed by atoms with E-state index in [0.717, 1.165) is 0 Å². The lowest BCUT2D eigenvalue weighted by Gasteiger charge is -2.13. The number of hydrogen-bond donors (Lipinski definition) is 5. The molecule has 1 saturated heterocycles. The summed E-state index contributed by atoms with van der Waals surface area (Å²) in [6.45, 7) is -0.439. The first kappa shape index (κ1) is 18.8. The Bertz CT molecular complexity index is 951. The Kier molecular flexibility index (Phi) is 5.16. The van der Waals surface area contributed by atoms with Crippen LogP contribution < -0.4 is 16.1 Å². The summed E-state index contributed by atoms with van der Waals surface area (Å²) in [6.07, 6.45) is 4.22. The average Bonchev–Trinajstić information content (AvgIpc) is 2.99. The molecular weight excluding hydrogens is 370 g/mol. The van der Waals surface area contributed by atoms with Gasteiger partial charge in [0.05, 0.1) is 29.0 Å². The summed E-state index contributed by atoms with van der Waals surface area (Å²) >= 11 is 0. The van der Waals surface area contributed by atoms with Gasteiger partial charge in [0.2, 0.25) is 0 Å². The molecule has 5 N–H and O–H groups in total. The van der Waals surface area contributed by atoms with Crippen molar-refractivity contribution in [2.24, 2.45) is 11.0 Å². The lowest BCUT2D eigenvalue weighted by Crippen LogP contribution is -2.36. The van der Waals surface area contributed by atoms with E-state index in [1.807, 2.05) is 0 Å². The summed E-state index contributed by atoms with van der Waals surface area (Å²) in [4.78, 5) is 46.5. The van der Waals surface area contributed by atoms with E-state index in [9.17, 15) is 24.4 Å². The molecule has 2 atom stereocenters. The Balaban J connectivity index is 1.61. The minimum Gasteiger partial charge on any atom is -0.507 e. The van der Waals surface area contributed by atoms with Gasteiger partial charge in [-0.2, -0.15) is 5.10 Å². The second kappa shape index (κ2) is 7.70. The third-order valence-corrected chi connectivity index (χ3v) is 4.14. The Morgan fingerprint density at radius 3 is 2.75 bits per heavy atom. The molecule has 1 aliphatic carbocycles. The van der Waals surface area contributed by atoms with Gasteiger partial charge < -0.3 is 15.7 Å². The highest BCUT2D eigenvalue weighted by Crippen LogP contribution is 2.23. The Morgan fingerprint density at radius 2 is 2.04 bits per heavy atom. The quantitative estimate of drug-likeness (QED) is 0.422. The van der Waals surface area contributed by atoms with Gasteiger partial charge in [-0.05, 0) is 12.1 Å². The molecule has 1 heterocycles. The van der Waals surface area contributed by atoms with Crippen LogP contribution in [0.3, 0.4) is 0 Å². The van der Waals surface area contributed by atoms with Crippen molar-refractivity contribution in [3.05, 3.63) is 58.7 Å². The minimum absolute atomic E-state index is 0.0115. The first-order chi connectivity index (χ1) is 13.4. The molecule has 1 fully saturated rings. The number of carbonyl (C=O) groups excluding carboxylic acids is 3. The zero-order valence-electron chi connectivity index (χ0n) is 14.3. The number of hydrazone groups is 1. The van der Waals surface area contributed by atoms with Crippen LogP contribution in [0.25, 0.3) is 0 Å². The second-order valence-corrected chi connectivity index (χ2v) is 5.98. The van der Waals surface area contributed by atoms with Gasteiger partial charge in [-0.15, -0.1) is 0 Å². The molecule has 0 radical (unpaired) electrons. The van der Waals surface area contributed by atoms with Crippen molar-refractivity contribution in [3.8, 4) is 5.75 Å². The van der Waals surface area contributed by atoms with Gasteiger partial charge in [0.25, 0.3) is 22.6 Å². The Morgan fingerprint density at radius 1 is 1.29 bits per heavy atom. The van der Waals surface area contributed by atoms with Crippen LogP contribution in [0.2, 0.25) is 0 Å². The molecule has 1 aliphatic heterocycles. The number of benzene rings is 1. The van der Waals surface area contributed by atoms with Crippen LogP contribution in [-0.2, 0) is 9.59 Å². The van der Waals surface area contributed by atoms with Crippen LogP contribution in [0.5, 0.6) is 5.75 Å². The predicted molar refractivity (Wildman–Crippen MR) is 94.1 cm³/mol. The number of amides is 3. The third-order valence-electron chi connectivity index (χ3n) is 4.14. The molecule has 2 unspecified atom stereocenters. The summed E-state index contributed by atoms with van der Waals surface area (Å²) in [5.74, 6) is -2.75. The number of aromatic hydroxyl groups is 1. The molecular formula is C17H16N5O6+. The van der Waals surface area contributed by atoms with E-state index in [4.69, 9.17) is 5.21 Å². The number of nitrogens with one attached hydrogen (secondary N) is 3. The lowest BCUT2D eigenvalue weighted by molar-refractivity contribution is -0.752. The monoisotopic (exact) mass is 386 g/mol. The number of hydrogen-bond acceptors (Lipinski definition) is 6. The van der Waals surface area contributed by atoms with Crippen LogP contribution in [-0.4, -0.2) is 51.3 Å². The van der Waals surface area contributed by atoms with Crippen molar-refractivity contribution in [3.63, 3.8) is 0 Å². The topological polar surface area (TPSA) is 160 Å². The molecule has 144 valence electrons. The number of rotatable bonds is 5. The largest absolute Gasteiger partial charge is 0.507 e. The maximum absolute atomic E-state index is 12.0. The maximum Gasteiger partial charge on any atom is 0.313 e. The van der Waals surface area contributed by atoms with Crippen LogP contribution >= 0.6 is 0 Å². The highest BCUT2D eigenvalue weighted by atomic mass is 16.6. The van der Waals surface area contributed by atoms with Crippen LogP contribution in [0.1, 0.15) is 10.4 Å². The highest BCUT2D eigenvalue weighted by Gasteiger charge is 2.40. The van der Waals surface area contributed by atoms with Gasteiger partial charge >= 0.3 is 5.70 Å². The average molecular weight is 386 g/mol.